The van der Waals surface area contributed by atoms with Crippen molar-refractivity contribution in [2.75, 3.05) is 30.1 Å². The van der Waals surface area contributed by atoms with Gasteiger partial charge in [0.2, 0.25) is 0 Å². The van der Waals surface area contributed by atoms with E-state index in [1.165, 1.54) is 53.3 Å². The molecule has 0 spiro atoms. The zero-order valence-corrected chi connectivity index (χ0v) is 20.9. The molecule has 5 rings (SSSR count). The van der Waals surface area contributed by atoms with Crippen molar-refractivity contribution in [2.45, 2.75) is 23.1 Å². The highest BCUT2D eigenvalue weighted by Gasteiger charge is 2.24. The first kappa shape index (κ1) is 22.0. The van der Waals surface area contributed by atoms with Crippen LogP contribution < -0.4 is 10.2 Å². The molecule has 2 nitrogen and oxygen atoms in total. The normalized spacial score (nSPS) is 14.9. The average molecular weight is 469 g/mol. The van der Waals surface area contributed by atoms with Crippen molar-refractivity contribution < 1.29 is 0 Å². The lowest BCUT2D eigenvalue weighted by Gasteiger charge is -2.16. The zero-order chi connectivity index (χ0) is 22.8. The zero-order valence-electron chi connectivity index (χ0n) is 19.3. The van der Waals surface area contributed by atoms with E-state index < -0.39 is 0 Å². The highest BCUT2D eigenvalue weighted by molar-refractivity contribution is 8.03. The Bertz CT molecular complexity index is 1390. The van der Waals surface area contributed by atoms with Crippen LogP contribution in [0.4, 0.5) is 11.4 Å². The number of benzene rings is 4. The number of fused-ring (bicyclic) bond motifs is 4. The van der Waals surface area contributed by atoms with Crippen molar-refractivity contribution in [3.05, 3.63) is 95.6 Å². The molecule has 1 N–H and O–H groups in total. The van der Waals surface area contributed by atoms with E-state index in [1.54, 1.807) is 0 Å². The lowest BCUT2D eigenvalue weighted by atomic mass is 10.1. The minimum Gasteiger partial charge on any atom is -0.387 e. The number of rotatable bonds is 6. The number of nitrogens with zero attached hydrogens (tertiary/aromatic N) is 1. The summed E-state index contributed by atoms with van der Waals surface area (Å²) in [5.41, 5.74) is 3.92. The Morgan fingerprint density at radius 2 is 1.64 bits per heavy atom. The van der Waals surface area contributed by atoms with Crippen LogP contribution in [0.25, 0.3) is 21.5 Å². The summed E-state index contributed by atoms with van der Waals surface area (Å²) in [6.45, 7) is 2.24. The van der Waals surface area contributed by atoms with Gasteiger partial charge in [0.25, 0.3) is 0 Å². The van der Waals surface area contributed by atoms with Crippen molar-refractivity contribution in [3.63, 3.8) is 0 Å². The van der Waals surface area contributed by atoms with Gasteiger partial charge in [0.05, 0.1) is 16.4 Å². The largest absolute Gasteiger partial charge is 0.387 e. The molecule has 4 aromatic carbocycles. The lowest BCUT2D eigenvalue weighted by Crippen LogP contribution is -2.10. The SMILES string of the molecule is CCC(=CCSc1ccc2ccccc2c1NC)C=C1Sc2ccc3ccccc3c2N1C. The van der Waals surface area contributed by atoms with Crippen LogP contribution >= 0.6 is 23.5 Å². The molecule has 0 fully saturated rings. The Morgan fingerprint density at radius 1 is 0.939 bits per heavy atom. The smallest absolute Gasteiger partial charge is 0.0801 e. The molecule has 1 aliphatic heterocycles. The number of nitrogens with one attached hydrogen (secondary N) is 1. The van der Waals surface area contributed by atoms with Crippen LogP contribution in [0.5, 0.6) is 0 Å². The molecule has 33 heavy (non-hydrogen) atoms. The van der Waals surface area contributed by atoms with Gasteiger partial charge in [0.1, 0.15) is 0 Å². The van der Waals surface area contributed by atoms with E-state index in [0.29, 0.717) is 0 Å². The molecule has 1 heterocycles. The quantitative estimate of drug-likeness (QED) is 0.285. The van der Waals surface area contributed by atoms with E-state index in [0.717, 1.165) is 12.2 Å². The summed E-state index contributed by atoms with van der Waals surface area (Å²) in [6, 6.07) is 26.2. The fraction of sp³-hybridized carbons (Fsp3) is 0.172. The molecule has 0 saturated heterocycles. The van der Waals surface area contributed by atoms with Crippen LogP contribution in [0.2, 0.25) is 0 Å². The molecule has 4 heteroatoms. The third-order valence-corrected chi connectivity index (χ3v) is 8.32. The Balaban J connectivity index is 1.37. The summed E-state index contributed by atoms with van der Waals surface area (Å²) >= 11 is 3.76. The number of hydrogen-bond acceptors (Lipinski definition) is 4. The van der Waals surface area contributed by atoms with Gasteiger partial charge in [0.15, 0.2) is 0 Å². The van der Waals surface area contributed by atoms with Crippen LogP contribution in [-0.2, 0) is 0 Å². The summed E-state index contributed by atoms with van der Waals surface area (Å²) in [4.78, 5) is 4.98. The van der Waals surface area contributed by atoms with Gasteiger partial charge in [-0.25, -0.2) is 0 Å². The van der Waals surface area contributed by atoms with Crippen molar-refractivity contribution in [3.8, 4) is 0 Å². The first-order valence-electron chi connectivity index (χ1n) is 11.4. The molecule has 0 atom stereocenters. The highest BCUT2D eigenvalue weighted by Crippen LogP contribution is 2.49. The number of anilines is 2. The Morgan fingerprint density at radius 3 is 2.39 bits per heavy atom. The summed E-state index contributed by atoms with van der Waals surface area (Å²) in [5, 5.41) is 9.88. The molecule has 1 aliphatic rings. The van der Waals surface area contributed by atoms with E-state index in [1.807, 2.05) is 30.6 Å². The standard InChI is InChI=1S/C29H28N2S2/c1-4-20(17-18-32-25-15-13-21-9-5-7-11-23(21)28(25)30-2)19-27-31(3)29-24-12-8-6-10-22(24)14-16-26(29)33-27/h5-17,19,30H,4,18H2,1-3H3. The minimum absolute atomic E-state index is 0.949. The molecule has 0 bridgehead atoms. The second-order valence-corrected chi connectivity index (χ2v) is 10.3. The highest BCUT2D eigenvalue weighted by atomic mass is 32.2. The minimum atomic E-state index is 0.949. The maximum Gasteiger partial charge on any atom is 0.0801 e. The van der Waals surface area contributed by atoms with Crippen LogP contribution in [-0.4, -0.2) is 19.8 Å². The third-order valence-electron chi connectivity index (χ3n) is 6.19. The van der Waals surface area contributed by atoms with E-state index >= 15 is 0 Å². The number of thioether (sulfide) groups is 2. The molecule has 0 amide bonds. The second kappa shape index (κ2) is 9.58. The first-order chi connectivity index (χ1) is 16.2. The van der Waals surface area contributed by atoms with Crippen LogP contribution in [0.1, 0.15) is 13.3 Å². The molecular formula is C29H28N2S2. The summed E-state index contributed by atoms with van der Waals surface area (Å²) in [6.07, 6.45) is 5.76. The van der Waals surface area contributed by atoms with Gasteiger partial charge >= 0.3 is 0 Å². The third kappa shape index (κ3) is 4.25. The van der Waals surface area contributed by atoms with Gasteiger partial charge < -0.3 is 10.2 Å². The molecular weight excluding hydrogens is 440 g/mol. The van der Waals surface area contributed by atoms with E-state index in [4.69, 9.17) is 0 Å². The average Bonchev–Trinajstić information content (AvgIpc) is 3.18. The van der Waals surface area contributed by atoms with Gasteiger partial charge in [-0.2, -0.15) is 0 Å². The topological polar surface area (TPSA) is 15.3 Å². The fourth-order valence-electron chi connectivity index (χ4n) is 4.41. The van der Waals surface area contributed by atoms with Gasteiger partial charge in [-0.15, -0.1) is 11.8 Å². The predicted molar refractivity (Wildman–Crippen MR) is 149 cm³/mol. The molecule has 4 aromatic rings. The van der Waals surface area contributed by atoms with Crippen LogP contribution in [0.15, 0.2) is 105 Å². The summed E-state index contributed by atoms with van der Waals surface area (Å²) in [5.74, 6) is 0.949. The van der Waals surface area contributed by atoms with Gasteiger partial charge in [-0.05, 0) is 41.0 Å². The maximum atomic E-state index is 3.42. The van der Waals surface area contributed by atoms with Crippen molar-refractivity contribution in [2.24, 2.45) is 0 Å². The maximum absolute atomic E-state index is 3.42. The number of allylic oxidation sites excluding steroid dienone is 2. The van der Waals surface area contributed by atoms with E-state index in [9.17, 15) is 0 Å². The second-order valence-electron chi connectivity index (χ2n) is 8.13. The number of hydrogen-bond donors (Lipinski definition) is 1. The fourth-order valence-corrected chi connectivity index (χ4v) is 6.55. The molecule has 166 valence electrons. The molecule has 0 radical (unpaired) electrons. The Labute approximate surface area is 204 Å². The Kier molecular flexibility index (Phi) is 6.39. The van der Waals surface area contributed by atoms with Crippen molar-refractivity contribution in [1.82, 2.24) is 0 Å². The predicted octanol–water partition coefficient (Wildman–Crippen LogP) is 8.55. The van der Waals surface area contributed by atoms with Crippen molar-refractivity contribution in [1.29, 1.82) is 0 Å². The van der Waals surface area contributed by atoms with Gasteiger partial charge in [-0.1, -0.05) is 85.4 Å². The summed E-state index contributed by atoms with van der Waals surface area (Å²) < 4.78 is 0. The van der Waals surface area contributed by atoms with E-state index in [2.05, 4.69) is 109 Å². The summed E-state index contributed by atoms with van der Waals surface area (Å²) in [7, 11) is 4.20. The lowest BCUT2D eigenvalue weighted by molar-refractivity contribution is 1.12. The monoisotopic (exact) mass is 468 g/mol. The molecule has 0 aliphatic carbocycles. The molecule has 0 unspecified atom stereocenters. The van der Waals surface area contributed by atoms with Crippen LogP contribution in [0.3, 0.4) is 0 Å². The molecule has 0 saturated carbocycles. The Hall–Kier alpha value is -2.82. The van der Waals surface area contributed by atoms with Gasteiger partial charge in [0, 0.05) is 40.4 Å². The van der Waals surface area contributed by atoms with Crippen LogP contribution in [0, 0.1) is 0 Å². The van der Waals surface area contributed by atoms with E-state index in [-0.39, 0.29) is 0 Å². The van der Waals surface area contributed by atoms with Gasteiger partial charge in [-0.3, -0.25) is 0 Å². The first-order valence-corrected chi connectivity index (χ1v) is 13.2. The van der Waals surface area contributed by atoms with Crippen molar-refractivity contribution >= 4 is 56.4 Å². The molecule has 0 aromatic heterocycles.